The molecule has 1 aliphatic rings. The number of hydrogen-bond donors (Lipinski definition) is 0. The van der Waals surface area contributed by atoms with Crippen molar-refractivity contribution in [2.75, 3.05) is 0 Å². The summed E-state index contributed by atoms with van der Waals surface area (Å²) in [5.41, 5.74) is 2.73. The molecule has 0 amide bonds. The normalized spacial score (nSPS) is 18.7. The van der Waals surface area contributed by atoms with Gasteiger partial charge in [0.1, 0.15) is 0 Å². The number of benzene rings is 2. The highest BCUT2D eigenvalue weighted by molar-refractivity contribution is 7.33. The highest BCUT2D eigenvalue weighted by Gasteiger charge is 2.47. The minimum Gasteiger partial charge on any atom is -0.151 e. The largest absolute Gasteiger partial charge is 0.162 e. The van der Waals surface area contributed by atoms with Crippen LogP contribution in [0.15, 0.2) is 53.9 Å². The van der Waals surface area contributed by atoms with E-state index in [1.54, 1.807) is 11.3 Å². The minimum absolute atomic E-state index is 0.826. The number of halogens is 2. The Morgan fingerprint density at radius 1 is 0.913 bits per heavy atom. The van der Waals surface area contributed by atoms with Gasteiger partial charge in [-0.05, 0) is 45.7 Å². The SMILES string of the molecule is CCC[Si@]1(c2cc(Cl)cs2)c2ccccc2-c2ccc(Cl)cc21. The maximum Gasteiger partial charge on any atom is 0.162 e. The average Bonchev–Trinajstić information content (AvgIpc) is 3.09. The topological polar surface area (TPSA) is 0 Å². The van der Waals surface area contributed by atoms with Crippen LogP contribution in [0.2, 0.25) is 16.1 Å². The van der Waals surface area contributed by atoms with Gasteiger partial charge in [-0.15, -0.1) is 0 Å². The molecule has 1 aromatic heterocycles. The van der Waals surface area contributed by atoms with Crippen LogP contribution in [0.25, 0.3) is 11.1 Å². The predicted octanol–water partition coefficient (Wildman–Crippen LogP) is 4.92. The summed E-state index contributed by atoms with van der Waals surface area (Å²) in [7, 11) is -2.01. The molecule has 0 radical (unpaired) electrons. The van der Waals surface area contributed by atoms with Crippen LogP contribution < -0.4 is 14.9 Å². The van der Waals surface area contributed by atoms with Gasteiger partial charge < -0.3 is 0 Å². The van der Waals surface area contributed by atoms with Crippen LogP contribution in [0.4, 0.5) is 0 Å². The summed E-state index contributed by atoms with van der Waals surface area (Å²) in [6, 6.07) is 18.6. The van der Waals surface area contributed by atoms with Crippen molar-refractivity contribution in [3.8, 4) is 11.1 Å². The molecule has 4 heteroatoms. The molecule has 0 saturated heterocycles. The summed E-state index contributed by atoms with van der Waals surface area (Å²) in [6.45, 7) is 2.27. The van der Waals surface area contributed by atoms with E-state index in [9.17, 15) is 0 Å². The molecule has 0 N–H and O–H groups in total. The molecule has 2 heterocycles. The number of fused-ring (bicyclic) bond motifs is 3. The van der Waals surface area contributed by atoms with Crippen molar-refractivity contribution in [1.82, 2.24) is 0 Å². The molecule has 0 unspecified atom stereocenters. The fraction of sp³-hybridized carbons (Fsp3) is 0.158. The van der Waals surface area contributed by atoms with Crippen molar-refractivity contribution in [1.29, 1.82) is 0 Å². The van der Waals surface area contributed by atoms with E-state index < -0.39 is 8.07 Å². The maximum absolute atomic E-state index is 6.39. The van der Waals surface area contributed by atoms with Gasteiger partial charge in [0.05, 0.1) is 5.02 Å². The van der Waals surface area contributed by atoms with E-state index in [2.05, 4.69) is 54.8 Å². The third kappa shape index (κ3) is 2.24. The molecule has 0 aliphatic carbocycles. The zero-order valence-electron chi connectivity index (χ0n) is 12.8. The molecule has 0 bridgehead atoms. The van der Waals surface area contributed by atoms with Gasteiger partial charge in [0.15, 0.2) is 8.07 Å². The van der Waals surface area contributed by atoms with E-state index in [-0.39, 0.29) is 0 Å². The molecule has 4 rings (SSSR count). The van der Waals surface area contributed by atoms with E-state index in [4.69, 9.17) is 23.2 Å². The van der Waals surface area contributed by atoms with Crippen LogP contribution in [0.3, 0.4) is 0 Å². The molecule has 1 aliphatic heterocycles. The van der Waals surface area contributed by atoms with E-state index in [1.807, 2.05) is 6.07 Å². The maximum atomic E-state index is 6.39. The highest BCUT2D eigenvalue weighted by Crippen LogP contribution is 2.33. The lowest BCUT2D eigenvalue weighted by Crippen LogP contribution is -2.63. The molecule has 0 fully saturated rings. The molecular weight excluding hydrogens is 359 g/mol. The van der Waals surface area contributed by atoms with Crippen LogP contribution in [0.5, 0.6) is 0 Å². The lowest BCUT2D eigenvalue weighted by molar-refractivity contribution is 1.06. The second kappa shape index (κ2) is 5.78. The van der Waals surface area contributed by atoms with Gasteiger partial charge in [0.25, 0.3) is 0 Å². The first kappa shape index (κ1) is 15.5. The summed E-state index contributed by atoms with van der Waals surface area (Å²) in [4.78, 5) is 0. The van der Waals surface area contributed by atoms with E-state index in [0.29, 0.717) is 0 Å². The second-order valence-electron chi connectivity index (χ2n) is 6.02. The Balaban J connectivity index is 2.11. The fourth-order valence-electron chi connectivity index (χ4n) is 3.91. The summed E-state index contributed by atoms with van der Waals surface area (Å²) in [6.07, 6.45) is 1.15. The highest BCUT2D eigenvalue weighted by atomic mass is 35.5. The molecule has 23 heavy (non-hydrogen) atoms. The van der Waals surface area contributed by atoms with Gasteiger partial charge in [-0.25, -0.2) is 0 Å². The van der Waals surface area contributed by atoms with E-state index >= 15 is 0 Å². The third-order valence-corrected chi connectivity index (χ3v) is 12.4. The Labute approximate surface area is 151 Å². The third-order valence-electron chi connectivity index (χ3n) is 4.73. The molecule has 3 aromatic rings. The average molecular weight is 375 g/mol. The number of rotatable bonds is 3. The second-order valence-corrected chi connectivity index (χ2v) is 12.1. The van der Waals surface area contributed by atoms with Crippen LogP contribution in [-0.4, -0.2) is 8.07 Å². The molecule has 0 nitrogen and oxygen atoms in total. The lowest BCUT2D eigenvalue weighted by atomic mass is 10.1. The Hall–Kier alpha value is -1.06. The van der Waals surface area contributed by atoms with Gasteiger partial charge in [0, 0.05) is 14.9 Å². The summed E-state index contributed by atoms with van der Waals surface area (Å²) >= 11 is 14.5. The van der Waals surface area contributed by atoms with Crippen LogP contribution >= 0.6 is 34.5 Å². The van der Waals surface area contributed by atoms with Gasteiger partial charge in [0.2, 0.25) is 0 Å². The first-order valence-corrected chi connectivity index (χ1v) is 11.7. The minimum atomic E-state index is -2.01. The number of hydrogen-bond acceptors (Lipinski definition) is 1. The summed E-state index contributed by atoms with van der Waals surface area (Å²) in [5.74, 6) is 0. The van der Waals surface area contributed by atoms with Crippen LogP contribution in [-0.2, 0) is 0 Å². The van der Waals surface area contributed by atoms with Crippen molar-refractivity contribution >= 4 is 57.5 Å². The van der Waals surface area contributed by atoms with Crippen molar-refractivity contribution in [2.45, 2.75) is 19.4 Å². The van der Waals surface area contributed by atoms with Gasteiger partial charge in [-0.3, -0.25) is 0 Å². The van der Waals surface area contributed by atoms with Crippen LogP contribution in [0.1, 0.15) is 13.3 Å². The zero-order valence-corrected chi connectivity index (χ0v) is 16.1. The van der Waals surface area contributed by atoms with E-state index in [0.717, 1.165) is 16.5 Å². The summed E-state index contributed by atoms with van der Waals surface area (Å²) in [5, 5.41) is 6.70. The Morgan fingerprint density at radius 2 is 1.70 bits per heavy atom. The molecular formula is C19H16Cl2SSi. The van der Waals surface area contributed by atoms with Gasteiger partial charge >= 0.3 is 0 Å². The van der Waals surface area contributed by atoms with Crippen molar-refractivity contribution < 1.29 is 0 Å². The Kier molecular flexibility index (Phi) is 3.89. The fourth-order valence-corrected chi connectivity index (χ4v) is 11.9. The predicted molar refractivity (Wildman–Crippen MR) is 106 cm³/mol. The van der Waals surface area contributed by atoms with Gasteiger partial charge in [-0.2, -0.15) is 11.3 Å². The Morgan fingerprint density at radius 3 is 2.43 bits per heavy atom. The van der Waals surface area contributed by atoms with E-state index in [1.165, 1.54) is 32.0 Å². The molecule has 0 spiro atoms. The summed E-state index contributed by atoms with van der Waals surface area (Å²) < 4.78 is 1.44. The molecule has 116 valence electrons. The van der Waals surface area contributed by atoms with Gasteiger partial charge in [-0.1, -0.05) is 66.9 Å². The van der Waals surface area contributed by atoms with Crippen LogP contribution in [0, 0.1) is 0 Å². The first-order valence-electron chi connectivity index (χ1n) is 7.81. The monoisotopic (exact) mass is 374 g/mol. The Bertz CT molecular complexity index is 887. The smallest absolute Gasteiger partial charge is 0.151 e. The quantitative estimate of drug-likeness (QED) is 0.571. The standard InChI is InChI=1S/C19H16Cl2SSi/c1-2-9-23(19-11-14(21)12-22-19)17-6-4-3-5-15(17)16-8-7-13(20)10-18(16)23/h3-8,10-12H,2,9H2,1H3/t23-/m0/s1. The molecule has 0 saturated carbocycles. The lowest BCUT2D eigenvalue weighted by Gasteiger charge is -2.28. The first-order chi connectivity index (χ1) is 11.2. The zero-order chi connectivity index (χ0) is 16.0. The number of thiophene rings is 1. The molecule has 1 atom stereocenters. The van der Waals surface area contributed by atoms with Crippen molar-refractivity contribution in [2.24, 2.45) is 0 Å². The molecule has 2 aromatic carbocycles. The van der Waals surface area contributed by atoms with Crippen molar-refractivity contribution in [3.63, 3.8) is 0 Å². The van der Waals surface area contributed by atoms with Crippen molar-refractivity contribution in [3.05, 3.63) is 64.0 Å².